The summed E-state index contributed by atoms with van der Waals surface area (Å²) in [6.07, 6.45) is 5.78. The van der Waals surface area contributed by atoms with Gasteiger partial charge in [0.2, 0.25) is 0 Å². The maximum atomic E-state index is 12.3. The number of nitrogens with zero attached hydrogens (tertiary/aromatic N) is 3. The van der Waals surface area contributed by atoms with Gasteiger partial charge in [-0.05, 0) is 30.9 Å². The maximum absolute atomic E-state index is 12.3. The van der Waals surface area contributed by atoms with Crippen LogP contribution in [-0.4, -0.2) is 35.7 Å². The van der Waals surface area contributed by atoms with E-state index >= 15 is 0 Å². The van der Waals surface area contributed by atoms with Crippen LogP contribution in [0.4, 0.5) is 5.13 Å². The second kappa shape index (κ2) is 7.96. The van der Waals surface area contributed by atoms with E-state index < -0.39 is 0 Å². The number of methoxy groups -OCH3 is 1. The Hall–Kier alpha value is -2.60. The molecular formula is C21H23N3O2S. The lowest BCUT2D eigenvalue weighted by Gasteiger charge is -2.25. The molecule has 140 valence electrons. The van der Waals surface area contributed by atoms with E-state index in [1.807, 2.05) is 47.2 Å². The van der Waals surface area contributed by atoms with E-state index in [1.54, 1.807) is 11.3 Å². The molecule has 0 aliphatic carbocycles. The normalized spacial score (nSPS) is 14.3. The molecule has 0 radical (unpaired) electrons. The maximum Gasteiger partial charge on any atom is 0.354 e. The third-order valence-corrected chi connectivity index (χ3v) is 5.85. The molecule has 3 heterocycles. The van der Waals surface area contributed by atoms with Crippen LogP contribution in [0.25, 0.3) is 11.1 Å². The number of carbonyl (C=O) groups excluding carboxylic acids is 1. The monoisotopic (exact) mass is 381 g/mol. The number of anilines is 1. The molecule has 6 heteroatoms. The summed E-state index contributed by atoms with van der Waals surface area (Å²) in [4.78, 5) is 19.4. The molecule has 27 heavy (non-hydrogen) atoms. The molecule has 4 rings (SSSR count). The van der Waals surface area contributed by atoms with Gasteiger partial charge in [0.05, 0.1) is 19.3 Å². The zero-order chi connectivity index (χ0) is 18.6. The molecule has 0 bridgehead atoms. The number of benzene rings is 1. The number of ether oxygens (including phenoxy) is 1. The second-order valence-electron chi connectivity index (χ2n) is 6.77. The number of rotatable bonds is 5. The summed E-state index contributed by atoms with van der Waals surface area (Å²) in [5.41, 5.74) is 3.60. The average molecular weight is 382 g/mol. The number of piperidine rings is 1. The second-order valence-corrected chi connectivity index (χ2v) is 7.61. The molecular weight excluding hydrogens is 358 g/mol. The molecule has 1 fully saturated rings. The van der Waals surface area contributed by atoms with Crippen molar-refractivity contribution in [3.63, 3.8) is 0 Å². The van der Waals surface area contributed by atoms with E-state index in [0.29, 0.717) is 12.2 Å². The molecule has 1 aromatic carbocycles. The molecule has 1 aliphatic heterocycles. The fourth-order valence-corrected chi connectivity index (χ4v) is 4.35. The number of aromatic nitrogens is 2. The van der Waals surface area contributed by atoms with Crippen molar-refractivity contribution in [3.05, 3.63) is 59.4 Å². The Morgan fingerprint density at radius 3 is 2.67 bits per heavy atom. The van der Waals surface area contributed by atoms with Crippen LogP contribution >= 0.6 is 11.3 Å². The van der Waals surface area contributed by atoms with Crippen LogP contribution in [0.2, 0.25) is 0 Å². The van der Waals surface area contributed by atoms with Crippen molar-refractivity contribution in [1.29, 1.82) is 0 Å². The van der Waals surface area contributed by atoms with E-state index in [2.05, 4.69) is 10.3 Å². The Morgan fingerprint density at radius 2 is 1.93 bits per heavy atom. The molecule has 0 spiro atoms. The van der Waals surface area contributed by atoms with Crippen molar-refractivity contribution in [3.8, 4) is 11.1 Å². The lowest BCUT2D eigenvalue weighted by Crippen LogP contribution is -2.29. The summed E-state index contributed by atoms with van der Waals surface area (Å²) in [6, 6.07) is 11.9. The van der Waals surface area contributed by atoms with Crippen LogP contribution in [0.1, 0.15) is 35.4 Å². The first-order valence-electron chi connectivity index (χ1n) is 9.28. The van der Waals surface area contributed by atoms with Crippen molar-refractivity contribution in [2.24, 2.45) is 0 Å². The van der Waals surface area contributed by atoms with Gasteiger partial charge in [-0.1, -0.05) is 30.3 Å². The van der Waals surface area contributed by atoms with Gasteiger partial charge in [0.1, 0.15) is 5.69 Å². The quantitative estimate of drug-likeness (QED) is 0.613. The van der Waals surface area contributed by atoms with Crippen molar-refractivity contribution in [2.75, 3.05) is 25.1 Å². The predicted octanol–water partition coefficient (Wildman–Crippen LogP) is 4.44. The van der Waals surface area contributed by atoms with E-state index in [-0.39, 0.29) is 5.97 Å². The zero-order valence-corrected chi connectivity index (χ0v) is 16.2. The molecule has 1 aliphatic rings. The first kappa shape index (κ1) is 17.8. The van der Waals surface area contributed by atoms with Crippen molar-refractivity contribution >= 4 is 22.4 Å². The largest absolute Gasteiger partial charge is 0.464 e. The van der Waals surface area contributed by atoms with Gasteiger partial charge in [0, 0.05) is 30.2 Å². The average Bonchev–Trinajstić information content (AvgIpc) is 3.36. The first-order valence-corrected chi connectivity index (χ1v) is 10.2. The van der Waals surface area contributed by atoms with Crippen molar-refractivity contribution in [1.82, 2.24) is 9.55 Å². The molecule has 0 saturated carbocycles. The van der Waals surface area contributed by atoms with Gasteiger partial charge in [-0.25, -0.2) is 9.78 Å². The van der Waals surface area contributed by atoms with Crippen LogP contribution < -0.4 is 4.90 Å². The summed E-state index contributed by atoms with van der Waals surface area (Å²) < 4.78 is 6.91. The van der Waals surface area contributed by atoms with Gasteiger partial charge in [-0.15, -0.1) is 11.3 Å². The third-order valence-electron chi connectivity index (χ3n) is 4.90. The highest BCUT2D eigenvalue weighted by Gasteiger charge is 2.18. The molecule has 0 N–H and O–H groups in total. The molecule has 5 nitrogen and oxygen atoms in total. The Morgan fingerprint density at radius 1 is 1.15 bits per heavy atom. The highest BCUT2D eigenvalue weighted by molar-refractivity contribution is 7.13. The van der Waals surface area contributed by atoms with Gasteiger partial charge < -0.3 is 14.2 Å². The Kier molecular flexibility index (Phi) is 5.25. The minimum Gasteiger partial charge on any atom is -0.464 e. The zero-order valence-electron chi connectivity index (χ0n) is 15.4. The summed E-state index contributed by atoms with van der Waals surface area (Å²) in [6.45, 7) is 2.73. The summed E-state index contributed by atoms with van der Waals surface area (Å²) in [5, 5.41) is 3.17. The number of thiazole rings is 1. The van der Waals surface area contributed by atoms with Crippen LogP contribution in [0, 0.1) is 0 Å². The van der Waals surface area contributed by atoms with Crippen LogP contribution in [0.3, 0.4) is 0 Å². The Bertz CT molecular complexity index is 911. The Labute approximate surface area is 163 Å². The smallest absolute Gasteiger partial charge is 0.354 e. The van der Waals surface area contributed by atoms with E-state index in [9.17, 15) is 4.79 Å². The highest BCUT2D eigenvalue weighted by Crippen LogP contribution is 2.27. The Balaban J connectivity index is 1.60. The number of hydrogen-bond acceptors (Lipinski definition) is 5. The fourth-order valence-electron chi connectivity index (χ4n) is 3.48. The summed E-state index contributed by atoms with van der Waals surface area (Å²) >= 11 is 1.68. The predicted molar refractivity (Wildman–Crippen MR) is 108 cm³/mol. The third kappa shape index (κ3) is 3.90. The SMILES string of the molecule is COC(=O)c1cc(-c2ccccc2)cn1Cc1csc(N2CCCCC2)n1. The number of carbonyl (C=O) groups is 1. The summed E-state index contributed by atoms with van der Waals surface area (Å²) in [5.74, 6) is -0.330. The molecule has 1 saturated heterocycles. The van der Waals surface area contributed by atoms with Gasteiger partial charge >= 0.3 is 5.97 Å². The minimum atomic E-state index is -0.330. The van der Waals surface area contributed by atoms with Crippen molar-refractivity contribution < 1.29 is 9.53 Å². The van der Waals surface area contributed by atoms with E-state index in [1.165, 1.54) is 26.4 Å². The van der Waals surface area contributed by atoms with Gasteiger partial charge in [-0.2, -0.15) is 0 Å². The molecule has 0 atom stereocenters. The molecule has 2 aromatic heterocycles. The van der Waals surface area contributed by atoms with Crippen molar-refractivity contribution in [2.45, 2.75) is 25.8 Å². The van der Waals surface area contributed by atoms with E-state index in [0.717, 1.165) is 35.0 Å². The fraction of sp³-hybridized carbons (Fsp3) is 0.333. The number of hydrogen-bond donors (Lipinski definition) is 0. The number of esters is 1. The van der Waals surface area contributed by atoms with Crippen LogP contribution in [-0.2, 0) is 11.3 Å². The van der Waals surface area contributed by atoms with Crippen LogP contribution in [0.15, 0.2) is 48.0 Å². The van der Waals surface area contributed by atoms with Crippen LogP contribution in [0.5, 0.6) is 0 Å². The minimum absolute atomic E-state index is 0.330. The molecule has 0 unspecified atom stereocenters. The standard InChI is InChI=1S/C21H23N3O2S/c1-26-20(25)19-12-17(16-8-4-2-5-9-16)13-24(19)14-18-15-27-21(22-18)23-10-6-3-7-11-23/h2,4-5,8-9,12-13,15H,3,6-7,10-11,14H2,1H3. The molecule has 0 amide bonds. The lowest BCUT2D eigenvalue weighted by molar-refractivity contribution is 0.0589. The highest BCUT2D eigenvalue weighted by atomic mass is 32.1. The van der Waals surface area contributed by atoms with Gasteiger partial charge in [0.15, 0.2) is 5.13 Å². The molecule has 3 aromatic rings. The van der Waals surface area contributed by atoms with Gasteiger partial charge in [-0.3, -0.25) is 0 Å². The summed E-state index contributed by atoms with van der Waals surface area (Å²) in [7, 11) is 1.42. The first-order chi connectivity index (χ1) is 13.2. The van der Waals surface area contributed by atoms with E-state index in [4.69, 9.17) is 9.72 Å². The topological polar surface area (TPSA) is 47.4 Å². The lowest BCUT2D eigenvalue weighted by atomic mass is 10.1. The van der Waals surface area contributed by atoms with Gasteiger partial charge in [0.25, 0.3) is 0 Å².